The molecule has 84 valence electrons. The van der Waals surface area contributed by atoms with E-state index in [1.807, 2.05) is 0 Å². The molecule has 0 atom stereocenters. The van der Waals surface area contributed by atoms with Crippen molar-refractivity contribution >= 4 is 15.5 Å². The Morgan fingerprint density at radius 3 is 2.25 bits per heavy atom. The van der Waals surface area contributed by atoms with Gasteiger partial charge in [0.05, 0.1) is 9.82 Å². The van der Waals surface area contributed by atoms with E-state index in [4.69, 9.17) is 0 Å². The van der Waals surface area contributed by atoms with Crippen molar-refractivity contribution in [3.05, 3.63) is 58.5 Å². The predicted molar refractivity (Wildman–Crippen MR) is 59.6 cm³/mol. The molecule has 5 nitrogen and oxygen atoms in total. The standard InChI is InChI=1S/C10H9NO4S/c1-2-3-8-16(14,15)10-6-4-9(5-7-10)11(12)13/h2-8H,1H2/b8-3+. The molecule has 6 heteroatoms. The number of hydrogen-bond donors (Lipinski definition) is 0. The van der Waals surface area contributed by atoms with Gasteiger partial charge in [-0.25, -0.2) is 8.42 Å². The molecule has 0 saturated carbocycles. The first-order chi connectivity index (χ1) is 7.47. The molecule has 0 heterocycles. The summed E-state index contributed by atoms with van der Waals surface area (Å²) in [6.07, 6.45) is 2.62. The molecule has 0 N–H and O–H groups in total. The largest absolute Gasteiger partial charge is 0.269 e. The summed E-state index contributed by atoms with van der Waals surface area (Å²) < 4.78 is 23.1. The van der Waals surface area contributed by atoms with E-state index >= 15 is 0 Å². The van der Waals surface area contributed by atoms with Crippen LogP contribution in [0, 0.1) is 10.1 Å². The van der Waals surface area contributed by atoms with Crippen LogP contribution in [0.15, 0.2) is 53.3 Å². The average Bonchev–Trinajstić information content (AvgIpc) is 2.26. The molecule has 16 heavy (non-hydrogen) atoms. The van der Waals surface area contributed by atoms with Crippen molar-refractivity contribution in [2.45, 2.75) is 4.90 Å². The zero-order valence-corrected chi connectivity index (χ0v) is 9.05. The van der Waals surface area contributed by atoms with Gasteiger partial charge in [0, 0.05) is 17.5 Å². The zero-order chi connectivity index (χ0) is 12.2. The number of rotatable bonds is 4. The number of nitro benzene ring substituents is 1. The normalized spacial score (nSPS) is 11.5. The van der Waals surface area contributed by atoms with Crippen LogP contribution in [0.1, 0.15) is 0 Å². The third-order valence-corrected chi connectivity index (χ3v) is 3.21. The number of non-ortho nitro benzene ring substituents is 1. The first-order valence-corrected chi connectivity index (χ1v) is 5.80. The van der Waals surface area contributed by atoms with E-state index in [2.05, 4.69) is 6.58 Å². The van der Waals surface area contributed by atoms with Crippen LogP contribution in [-0.4, -0.2) is 13.3 Å². The van der Waals surface area contributed by atoms with Crippen LogP contribution in [0.3, 0.4) is 0 Å². The molecule has 0 unspecified atom stereocenters. The first kappa shape index (κ1) is 12.1. The number of sulfone groups is 1. The lowest BCUT2D eigenvalue weighted by atomic mass is 10.3. The first-order valence-electron chi connectivity index (χ1n) is 4.26. The molecule has 0 amide bonds. The van der Waals surface area contributed by atoms with Gasteiger partial charge < -0.3 is 0 Å². The number of benzene rings is 1. The molecule has 0 bridgehead atoms. The summed E-state index contributed by atoms with van der Waals surface area (Å²) in [7, 11) is -3.54. The van der Waals surface area contributed by atoms with E-state index in [1.165, 1.54) is 24.3 Å². The smallest absolute Gasteiger partial charge is 0.258 e. The van der Waals surface area contributed by atoms with Gasteiger partial charge in [-0.15, -0.1) is 0 Å². The second-order valence-corrected chi connectivity index (χ2v) is 4.69. The monoisotopic (exact) mass is 239 g/mol. The molecule has 0 aliphatic rings. The Bertz CT molecular complexity index is 528. The molecule has 0 radical (unpaired) electrons. The van der Waals surface area contributed by atoms with Gasteiger partial charge in [-0.2, -0.15) is 0 Å². The van der Waals surface area contributed by atoms with Gasteiger partial charge >= 0.3 is 0 Å². The lowest BCUT2D eigenvalue weighted by molar-refractivity contribution is -0.384. The Balaban J connectivity index is 3.11. The molecular weight excluding hydrogens is 230 g/mol. The van der Waals surface area contributed by atoms with Crippen LogP contribution < -0.4 is 0 Å². The second kappa shape index (κ2) is 4.71. The molecule has 0 saturated heterocycles. The fourth-order valence-electron chi connectivity index (χ4n) is 0.995. The summed E-state index contributed by atoms with van der Waals surface area (Å²) >= 11 is 0. The molecule has 1 aromatic carbocycles. The second-order valence-electron chi connectivity index (χ2n) is 2.86. The maximum atomic E-state index is 11.6. The highest BCUT2D eigenvalue weighted by atomic mass is 32.2. The summed E-state index contributed by atoms with van der Waals surface area (Å²) in [6, 6.07) is 4.69. The minimum absolute atomic E-state index is 0.0104. The molecule has 0 aliphatic carbocycles. The fourth-order valence-corrected chi connectivity index (χ4v) is 1.99. The molecule has 0 spiro atoms. The number of hydrogen-bond acceptors (Lipinski definition) is 4. The highest BCUT2D eigenvalue weighted by molar-refractivity contribution is 7.94. The Morgan fingerprint density at radius 1 is 1.25 bits per heavy atom. The summed E-state index contributed by atoms with van der Waals surface area (Å²) in [5, 5.41) is 11.4. The summed E-state index contributed by atoms with van der Waals surface area (Å²) in [6.45, 7) is 3.35. The molecule has 0 aromatic heterocycles. The van der Waals surface area contributed by atoms with Crippen LogP contribution in [-0.2, 0) is 9.84 Å². The maximum Gasteiger partial charge on any atom is 0.269 e. The van der Waals surface area contributed by atoms with Crippen molar-refractivity contribution in [2.75, 3.05) is 0 Å². The van der Waals surface area contributed by atoms with Crippen molar-refractivity contribution < 1.29 is 13.3 Å². The van der Waals surface area contributed by atoms with Gasteiger partial charge in [0.1, 0.15) is 0 Å². The van der Waals surface area contributed by atoms with E-state index in [0.29, 0.717) is 0 Å². The quantitative estimate of drug-likeness (QED) is 0.457. The number of nitro groups is 1. The van der Waals surface area contributed by atoms with Gasteiger partial charge in [-0.05, 0) is 12.1 Å². The Labute approximate surface area is 92.8 Å². The number of allylic oxidation sites excluding steroid dienone is 2. The highest BCUT2D eigenvalue weighted by Crippen LogP contribution is 2.17. The van der Waals surface area contributed by atoms with Crippen LogP contribution in [0.25, 0.3) is 0 Å². The van der Waals surface area contributed by atoms with Crippen molar-refractivity contribution in [3.8, 4) is 0 Å². The molecule has 1 aromatic rings. The van der Waals surface area contributed by atoms with E-state index in [-0.39, 0.29) is 10.6 Å². The van der Waals surface area contributed by atoms with Crippen molar-refractivity contribution in [1.29, 1.82) is 0 Å². The van der Waals surface area contributed by atoms with Gasteiger partial charge in [0.2, 0.25) is 0 Å². The van der Waals surface area contributed by atoms with Crippen LogP contribution in [0.4, 0.5) is 5.69 Å². The zero-order valence-electron chi connectivity index (χ0n) is 8.24. The lowest BCUT2D eigenvalue weighted by Gasteiger charge is -1.97. The maximum absolute atomic E-state index is 11.6. The number of nitrogens with zero attached hydrogens (tertiary/aromatic N) is 1. The molecule has 1 rings (SSSR count). The third kappa shape index (κ3) is 2.77. The minimum atomic E-state index is -3.54. The van der Waals surface area contributed by atoms with Crippen LogP contribution in [0.2, 0.25) is 0 Å². The topological polar surface area (TPSA) is 77.3 Å². The van der Waals surface area contributed by atoms with Crippen LogP contribution in [0.5, 0.6) is 0 Å². The third-order valence-electron chi connectivity index (χ3n) is 1.77. The van der Waals surface area contributed by atoms with E-state index in [0.717, 1.165) is 17.5 Å². The Hall–Kier alpha value is -1.95. The Morgan fingerprint density at radius 2 is 1.81 bits per heavy atom. The van der Waals surface area contributed by atoms with E-state index < -0.39 is 14.8 Å². The fraction of sp³-hybridized carbons (Fsp3) is 0. The molecule has 0 aliphatic heterocycles. The molecular formula is C10H9NO4S. The van der Waals surface area contributed by atoms with Gasteiger partial charge in [-0.3, -0.25) is 10.1 Å². The summed E-state index contributed by atoms with van der Waals surface area (Å²) in [5.74, 6) is 0. The van der Waals surface area contributed by atoms with Gasteiger partial charge in [-0.1, -0.05) is 18.7 Å². The molecule has 0 fully saturated rings. The lowest BCUT2D eigenvalue weighted by Crippen LogP contribution is -1.96. The minimum Gasteiger partial charge on any atom is -0.258 e. The average molecular weight is 239 g/mol. The van der Waals surface area contributed by atoms with Gasteiger partial charge in [0.15, 0.2) is 9.84 Å². The van der Waals surface area contributed by atoms with Crippen molar-refractivity contribution in [1.82, 2.24) is 0 Å². The Kier molecular flexibility index (Phi) is 3.57. The summed E-state index contributed by atoms with van der Waals surface area (Å²) in [5.41, 5.74) is -0.147. The van der Waals surface area contributed by atoms with Crippen molar-refractivity contribution in [3.63, 3.8) is 0 Å². The van der Waals surface area contributed by atoms with Crippen LogP contribution >= 0.6 is 0 Å². The van der Waals surface area contributed by atoms with E-state index in [1.54, 1.807) is 0 Å². The SMILES string of the molecule is C=C/C=C/S(=O)(=O)c1ccc([N+](=O)[O-])cc1. The van der Waals surface area contributed by atoms with Crippen molar-refractivity contribution in [2.24, 2.45) is 0 Å². The highest BCUT2D eigenvalue weighted by Gasteiger charge is 2.12. The summed E-state index contributed by atoms with van der Waals surface area (Å²) in [4.78, 5) is 9.79. The van der Waals surface area contributed by atoms with E-state index in [9.17, 15) is 18.5 Å². The van der Waals surface area contributed by atoms with Gasteiger partial charge in [0.25, 0.3) is 5.69 Å². The predicted octanol–water partition coefficient (Wildman–Crippen LogP) is 2.07.